The molecular formula is C17H34N2. The van der Waals surface area contributed by atoms with Crippen molar-refractivity contribution in [3.63, 3.8) is 0 Å². The molecule has 2 rings (SSSR count). The van der Waals surface area contributed by atoms with E-state index in [1.54, 1.807) is 0 Å². The minimum Gasteiger partial charge on any atom is -0.312 e. The van der Waals surface area contributed by atoms with Gasteiger partial charge in [-0.25, -0.2) is 0 Å². The third kappa shape index (κ3) is 3.72. The minimum atomic E-state index is 0.362. The Morgan fingerprint density at radius 1 is 1.11 bits per heavy atom. The van der Waals surface area contributed by atoms with E-state index in [1.807, 2.05) is 0 Å². The third-order valence-corrected chi connectivity index (χ3v) is 5.37. The molecule has 1 saturated carbocycles. The van der Waals surface area contributed by atoms with E-state index in [4.69, 9.17) is 0 Å². The first-order valence-electron chi connectivity index (χ1n) is 8.28. The second-order valence-corrected chi connectivity index (χ2v) is 8.47. The zero-order chi connectivity index (χ0) is 14.1. The molecule has 0 aromatic rings. The van der Waals surface area contributed by atoms with E-state index < -0.39 is 0 Å². The van der Waals surface area contributed by atoms with E-state index in [9.17, 15) is 0 Å². The maximum absolute atomic E-state index is 3.78. The van der Waals surface area contributed by atoms with Crippen LogP contribution in [0.1, 0.15) is 66.7 Å². The molecule has 0 radical (unpaired) electrons. The molecule has 1 saturated heterocycles. The molecule has 2 heteroatoms. The van der Waals surface area contributed by atoms with Crippen LogP contribution in [-0.4, -0.2) is 36.6 Å². The number of rotatable bonds is 1. The number of nitrogens with one attached hydrogen (secondary N) is 1. The Morgan fingerprint density at radius 2 is 1.84 bits per heavy atom. The average molecular weight is 266 g/mol. The Labute approximate surface area is 120 Å². The molecule has 19 heavy (non-hydrogen) atoms. The Hall–Kier alpha value is -0.0800. The summed E-state index contributed by atoms with van der Waals surface area (Å²) in [4.78, 5) is 2.81. The van der Waals surface area contributed by atoms with Crippen molar-refractivity contribution in [2.75, 3.05) is 19.6 Å². The lowest BCUT2D eigenvalue weighted by atomic mass is 9.72. The first-order chi connectivity index (χ1) is 8.81. The van der Waals surface area contributed by atoms with Gasteiger partial charge in [0.15, 0.2) is 0 Å². The molecule has 1 heterocycles. The van der Waals surface area contributed by atoms with Gasteiger partial charge in [-0.1, -0.05) is 47.5 Å². The highest BCUT2D eigenvalue weighted by Crippen LogP contribution is 2.39. The molecule has 2 nitrogen and oxygen atoms in total. The molecular weight excluding hydrogens is 232 g/mol. The summed E-state index contributed by atoms with van der Waals surface area (Å²) in [7, 11) is 0. The Morgan fingerprint density at radius 3 is 2.47 bits per heavy atom. The van der Waals surface area contributed by atoms with Crippen molar-refractivity contribution in [3.8, 4) is 0 Å². The topological polar surface area (TPSA) is 15.3 Å². The van der Waals surface area contributed by atoms with Gasteiger partial charge in [-0.2, -0.15) is 0 Å². The molecule has 112 valence electrons. The van der Waals surface area contributed by atoms with Gasteiger partial charge in [-0.05, 0) is 43.2 Å². The minimum absolute atomic E-state index is 0.362. The van der Waals surface area contributed by atoms with Crippen LogP contribution in [-0.2, 0) is 0 Å². The Kier molecular flexibility index (Phi) is 4.62. The molecule has 2 aliphatic rings. The average Bonchev–Trinajstić information content (AvgIpc) is 2.53. The van der Waals surface area contributed by atoms with E-state index >= 15 is 0 Å². The normalized spacial score (nSPS) is 33.9. The van der Waals surface area contributed by atoms with Crippen LogP contribution in [0.3, 0.4) is 0 Å². The molecule has 2 fully saturated rings. The summed E-state index contributed by atoms with van der Waals surface area (Å²) in [5.41, 5.74) is 0.867. The second-order valence-electron chi connectivity index (χ2n) is 8.47. The zero-order valence-electron chi connectivity index (χ0n) is 13.8. The van der Waals surface area contributed by atoms with Gasteiger partial charge in [0.05, 0.1) is 0 Å². The maximum atomic E-state index is 3.78. The van der Waals surface area contributed by atoms with Crippen molar-refractivity contribution in [3.05, 3.63) is 0 Å². The van der Waals surface area contributed by atoms with E-state index in [2.05, 4.69) is 44.8 Å². The third-order valence-electron chi connectivity index (χ3n) is 5.37. The number of hydrogen-bond acceptors (Lipinski definition) is 2. The van der Waals surface area contributed by atoms with Crippen LogP contribution in [0.4, 0.5) is 0 Å². The summed E-state index contributed by atoms with van der Waals surface area (Å²) in [6, 6.07) is 1.43. The number of nitrogens with zero attached hydrogens (tertiary/aromatic N) is 1. The molecule has 0 bridgehead atoms. The van der Waals surface area contributed by atoms with Crippen LogP contribution in [0, 0.1) is 10.8 Å². The molecule has 1 N–H and O–H groups in total. The van der Waals surface area contributed by atoms with Crippen LogP contribution < -0.4 is 5.32 Å². The highest BCUT2D eigenvalue weighted by Gasteiger charge is 2.38. The Bertz CT molecular complexity index is 290. The fourth-order valence-electron chi connectivity index (χ4n) is 3.96. The van der Waals surface area contributed by atoms with Crippen LogP contribution in [0.2, 0.25) is 0 Å². The van der Waals surface area contributed by atoms with Crippen molar-refractivity contribution < 1.29 is 0 Å². The summed E-state index contributed by atoms with van der Waals surface area (Å²) in [5.74, 6) is 0. The molecule has 2 unspecified atom stereocenters. The quantitative estimate of drug-likeness (QED) is 0.779. The summed E-state index contributed by atoms with van der Waals surface area (Å²) < 4.78 is 0. The van der Waals surface area contributed by atoms with Crippen molar-refractivity contribution in [1.82, 2.24) is 10.2 Å². The van der Waals surface area contributed by atoms with Gasteiger partial charge in [-0.15, -0.1) is 0 Å². The van der Waals surface area contributed by atoms with Crippen LogP contribution >= 0.6 is 0 Å². The SMILES string of the molecule is CC(C)(C)C1CN(C2CCCCC2(C)C)CCCN1. The summed E-state index contributed by atoms with van der Waals surface area (Å²) in [6.45, 7) is 15.8. The van der Waals surface area contributed by atoms with Gasteiger partial charge in [0.25, 0.3) is 0 Å². The first-order valence-corrected chi connectivity index (χ1v) is 8.28. The van der Waals surface area contributed by atoms with Gasteiger partial charge < -0.3 is 5.32 Å². The predicted octanol–water partition coefficient (Wildman–Crippen LogP) is 3.67. The van der Waals surface area contributed by atoms with E-state index in [0.717, 1.165) is 6.04 Å². The molecule has 0 amide bonds. The van der Waals surface area contributed by atoms with Crippen molar-refractivity contribution >= 4 is 0 Å². The maximum Gasteiger partial charge on any atom is 0.0243 e. The number of hydrogen-bond donors (Lipinski definition) is 1. The van der Waals surface area contributed by atoms with Crippen molar-refractivity contribution in [2.45, 2.75) is 78.8 Å². The molecule has 2 atom stereocenters. The molecule has 1 aliphatic carbocycles. The fourth-order valence-corrected chi connectivity index (χ4v) is 3.96. The van der Waals surface area contributed by atoms with Crippen molar-refractivity contribution in [2.24, 2.45) is 10.8 Å². The summed E-state index contributed by atoms with van der Waals surface area (Å²) >= 11 is 0. The fraction of sp³-hybridized carbons (Fsp3) is 1.00. The van der Waals surface area contributed by atoms with Gasteiger partial charge in [0.1, 0.15) is 0 Å². The van der Waals surface area contributed by atoms with Gasteiger partial charge in [-0.3, -0.25) is 4.90 Å². The molecule has 0 aromatic carbocycles. The molecule has 0 spiro atoms. The lowest BCUT2D eigenvalue weighted by Gasteiger charge is -2.47. The monoisotopic (exact) mass is 266 g/mol. The largest absolute Gasteiger partial charge is 0.312 e. The van der Waals surface area contributed by atoms with E-state index in [-0.39, 0.29) is 0 Å². The van der Waals surface area contributed by atoms with Gasteiger partial charge in [0, 0.05) is 18.6 Å². The molecule has 1 aliphatic heterocycles. The Balaban J connectivity index is 2.09. The van der Waals surface area contributed by atoms with E-state index in [0.29, 0.717) is 16.9 Å². The lowest BCUT2D eigenvalue weighted by Crippen LogP contribution is -2.53. The highest BCUT2D eigenvalue weighted by atomic mass is 15.2. The first kappa shape index (κ1) is 15.3. The lowest BCUT2D eigenvalue weighted by molar-refractivity contribution is 0.0390. The second kappa shape index (κ2) is 5.73. The van der Waals surface area contributed by atoms with Gasteiger partial charge in [0.2, 0.25) is 0 Å². The molecule has 0 aromatic heterocycles. The van der Waals surface area contributed by atoms with Gasteiger partial charge >= 0.3 is 0 Å². The smallest absolute Gasteiger partial charge is 0.0243 e. The van der Waals surface area contributed by atoms with E-state index in [1.165, 1.54) is 51.7 Å². The van der Waals surface area contributed by atoms with Crippen LogP contribution in [0.25, 0.3) is 0 Å². The standard InChI is InChI=1S/C17H34N2/c1-16(2,3)14-13-19(12-8-11-18-14)15-9-6-7-10-17(15,4)5/h14-15,18H,6-13H2,1-5H3. The van der Waals surface area contributed by atoms with Crippen LogP contribution in [0.15, 0.2) is 0 Å². The highest BCUT2D eigenvalue weighted by molar-refractivity contribution is 4.94. The summed E-state index contributed by atoms with van der Waals surface area (Å²) in [5, 5.41) is 3.78. The predicted molar refractivity (Wildman–Crippen MR) is 83.5 cm³/mol. The van der Waals surface area contributed by atoms with Crippen LogP contribution in [0.5, 0.6) is 0 Å². The van der Waals surface area contributed by atoms with Crippen molar-refractivity contribution in [1.29, 1.82) is 0 Å². The summed E-state index contributed by atoms with van der Waals surface area (Å²) in [6.07, 6.45) is 6.97. The zero-order valence-corrected chi connectivity index (χ0v) is 13.8.